The molecule has 4 N–H and O–H groups in total. The molecular formula is C12H13F3N2O6. The van der Waals surface area contributed by atoms with Gasteiger partial charge in [-0.1, -0.05) is 0 Å². The van der Waals surface area contributed by atoms with Crippen LogP contribution in [0.4, 0.5) is 13.2 Å². The predicted octanol–water partition coefficient (Wildman–Crippen LogP) is -1.28. The summed E-state index contributed by atoms with van der Waals surface area (Å²) in [5, 5.41) is 28.4. The van der Waals surface area contributed by atoms with Crippen LogP contribution in [0.1, 0.15) is 11.8 Å². The molecule has 0 saturated carbocycles. The van der Waals surface area contributed by atoms with Crippen LogP contribution >= 0.6 is 0 Å². The number of allylic oxidation sites excluding steroid dienone is 1. The third-order valence-electron chi connectivity index (χ3n) is 3.24. The second-order valence-corrected chi connectivity index (χ2v) is 4.85. The van der Waals surface area contributed by atoms with Gasteiger partial charge in [0.05, 0.1) is 12.2 Å². The fourth-order valence-electron chi connectivity index (χ4n) is 2.10. The number of hydrogen-bond donors (Lipinski definition) is 4. The van der Waals surface area contributed by atoms with Crippen LogP contribution in [0.3, 0.4) is 0 Å². The Morgan fingerprint density at radius 3 is 2.48 bits per heavy atom. The highest BCUT2D eigenvalue weighted by molar-refractivity contribution is 5.47. The molecule has 0 aromatic carbocycles. The summed E-state index contributed by atoms with van der Waals surface area (Å²) in [7, 11) is 0. The Hall–Kier alpha value is -1.95. The first-order valence-electron chi connectivity index (χ1n) is 6.38. The molecule has 0 radical (unpaired) electrons. The average Bonchev–Trinajstić information content (AvgIpc) is 2.73. The number of hydrogen-bond acceptors (Lipinski definition) is 6. The Bertz CT molecular complexity index is 710. The van der Waals surface area contributed by atoms with E-state index in [9.17, 15) is 33.0 Å². The highest BCUT2D eigenvalue weighted by atomic mass is 19.4. The zero-order valence-corrected chi connectivity index (χ0v) is 11.4. The quantitative estimate of drug-likeness (QED) is 0.544. The number of alkyl halides is 3. The van der Waals surface area contributed by atoms with E-state index < -0.39 is 54.1 Å². The van der Waals surface area contributed by atoms with Crippen molar-refractivity contribution in [3.63, 3.8) is 0 Å². The molecule has 1 aromatic heterocycles. The van der Waals surface area contributed by atoms with E-state index >= 15 is 0 Å². The predicted molar refractivity (Wildman–Crippen MR) is 69.4 cm³/mol. The van der Waals surface area contributed by atoms with E-state index in [1.807, 2.05) is 0 Å². The summed E-state index contributed by atoms with van der Waals surface area (Å²) in [5.41, 5.74) is -2.60. The number of nitrogens with zero attached hydrogens (tertiary/aromatic N) is 1. The van der Waals surface area contributed by atoms with Crippen LogP contribution in [0.5, 0.6) is 0 Å². The van der Waals surface area contributed by atoms with Gasteiger partial charge in [-0.2, -0.15) is 13.2 Å². The molecular weight excluding hydrogens is 325 g/mol. The summed E-state index contributed by atoms with van der Waals surface area (Å²) >= 11 is 0. The smallest absolute Gasteiger partial charge is 0.394 e. The van der Waals surface area contributed by atoms with Crippen molar-refractivity contribution < 1.29 is 33.2 Å². The molecule has 0 bridgehead atoms. The number of rotatable bonds is 3. The molecule has 1 aliphatic heterocycles. The van der Waals surface area contributed by atoms with Crippen molar-refractivity contribution in [1.29, 1.82) is 0 Å². The van der Waals surface area contributed by atoms with E-state index in [0.717, 1.165) is 6.20 Å². The molecule has 2 heterocycles. The molecule has 1 aromatic rings. The Morgan fingerprint density at radius 1 is 1.30 bits per heavy atom. The first-order chi connectivity index (χ1) is 10.6. The highest BCUT2D eigenvalue weighted by Crippen LogP contribution is 2.28. The van der Waals surface area contributed by atoms with Crippen molar-refractivity contribution in [2.45, 2.75) is 30.7 Å². The third-order valence-corrected chi connectivity index (χ3v) is 3.24. The number of halogens is 3. The lowest BCUT2D eigenvalue weighted by Crippen LogP contribution is -2.38. The second-order valence-electron chi connectivity index (χ2n) is 4.85. The standard InChI is InChI=1S/C12H13F3N2O6/c13-12(14,15)2-1-5-3-17(11(22)16-9(5)21)10-8(20)7(19)6(4-18)23-10/h1-3,6-8,10,18-20H,4H2,(H,16,21,22)/b2-1+/t6-,7-,8-,10-/m1/s1. The minimum atomic E-state index is -4.66. The molecule has 11 heteroatoms. The SMILES string of the molecule is O=c1[nH]c(=O)n([C@@H]2O[C@H](CO)[C@@H](O)[C@H]2O)cc1/C=C/C(F)(F)F. The lowest BCUT2D eigenvalue weighted by atomic mass is 10.1. The van der Waals surface area contributed by atoms with Gasteiger partial charge in [-0.05, 0) is 6.08 Å². The van der Waals surface area contributed by atoms with Gasteiger partial charge in [0.1, 0.15) is 18.3 Å². The summed E-state index contributed by atoms with van der Waals surface area (Å²) in [4.78, 5) is 25.1. The van der Waals surface area contributed by atoms with Gasteiger partial charge in [0.15, 0.2) is 6.23 Å². The monoisotopic (exact) mass is 338 g/mol. The van der Waals surface area contributed by atoms with Crippen molar-refractivity contribution in [1.82, 2.24) is 9.55 Å². The molecule has 8 nitrogen and oxygen atoms in total. The zero-order valence-electron chi connectivity index (χ0n) is 11.4. The lowest BCUT2D eigenvalue weighted by molar-refractivity contribution is -0.0790. The minimum absolute atomic E-state index is 0.191. The van der Waals surface area contributed by atoms with E-state index in [1.54, 1.807) is 4.98 Å². The van der Waals surface area contributed by atoms with Gasteiger partial charge < -0.3 is 20.1 Å². The van der Waals surface area contributed by atoms with Crippen molar-refractivity contribution in [2.75, 3.05) is 6.61 Å². The Labute approximate surface area is 126 Å². The molecule has 0 aliphatic carbocycles. The van der Waals surface area contributed by atoms with Crippen molar-refractivity contribution in [3.8, 4) is 0 Å². The van der Waals surface area contributed by atoms with Crippen LogP contribution in [-0.4, -0.2) is 56.0 Å². The Balaban J connectivity index is 2.42. The second kappa shape index (κ2) is 6.28. The normalized spacial score (nSPS) is 28.6. The average molecular weight is 338 g/mol. The molecule has 23 heavy (non-hydrogen) atoms. The fraction of sp³-hybridized carbons (Fsp3) is 0.500. The number of nitrogens with one attached hydrogen (secondary N) is 1. The number of aromatic nitrogens is 2. The number of aliphatic hydroxyl groups is 3. The summed E-state index contributed by atoms with van der Waals surface area (Å²) in [6, 6.07) is 0. The first-order valence-corrected chi connectivity index (χ1v) is 6.38. The zero-order chi connectivity index (χ0) is 17.4. The Kier molecular flexibility index (Phi) is 4.75. The van der Waals surface area contributed by atoms with Crippen molar-refractivity contribution in [3.05, 3.63) is 38.7 Å². The van der Waals surface area contributed by atoms with Gasteiger partial charge in [0.2, 0.25) is 0 Å². The maximum atomic E-state index is 12.2. The van der Waals surface area contributed by atoms with Gasteiger partial charge in [0.25, 0.3) is 5.56 Å². The molecule has 2 rings (SSSR count). The van der Waals surface area contributed by atoms with Gasteiger partial charge in [0, 0.05) is 12.3 Å². The number of H-pyrrole nitrogens is 1. The summed E-state index contributed by atoms with van der Waals surface area (Å²) < 4.78 is 42.2. The van der Waals surface area contributed by atoms with Crippen molar-refractivity contribution >= 4 is 6.08 Å². The van der Waals surface area contributed by atoms with Crippen molar-refractivity contribution in [2.24, 2.45) is 0 Å². The number of aromatic amines is 1. The van der Waals surface area contributed by atoms with Crippen LogP contribution in [0, 0.1) is 0 Å². The topological polar surface area (TPSA) is 125 Å². The van der Waals surface area contributed by atoms with Crippen LogP contribution in [0.2, 0.25) is 0 Å². The Morgan fingerprint density at radius 2 is 1.96 bits per heavy atom. The van der Waals surface area contributed by atoms with Crippen LogP contribution in [0.25, 0.3) is 6.08 Å². The lowest BCUT2D eigenvalue weighted by Gasteiger charge is -2.17. The molecule has 0 unspecified atom stereocenters. The molecule has 0 spiro atoms. The van der Waals surface area contributed by atoms with E-state index in [0.29, 0.717) is 10.6 Å². The highest BCUT2D eigenvalue weighted by Gasteiger charge is 2.43. The molecule has 1 saturated heterocycles. The van der Waals surface area contributed by atoms with Gasteiger partial charge in [-0.3, -0.25) is 14.3 Å². The van der Waals surface area contributed by atoms with Crippen LogP contribution < -0.4 is 11.2 Å². The maximum Gasteiger partial charge on any atom is 0.409 e. The largest absolute Gasteiger partial charge is 0.409 e. The van der Waals surface area contributed by atoms with E-state index in [2.05, 4.69) is 0 Å². The maximum absolute atomic E-state index is 12.2. The summed E-state index contributed by atoms with van der Waals surface area (Å²) in [5.74, 6) is 0. The fourth-order valence-corrected chi connectivity index (χ4v) is 2.10. The van der Waals surface area contributed by atoms with E-state index in [-0.39, 0.29) is 6.08 Å². The van der Waals surface area contributed by atoms with Crippen LogP contribution in [0.15, 0.2) is 21.9 Å². The first kappa shape index (κ1) is 17.4. The van der Waals surface area contributed by atoms with Gasteiger partial charge >= 0.3 is 11.9 Å². The molecule has 1 fully saturated rings. The molecule has 128 valence electrons. The van der Waals surface area contributed by atoms with Gasteiger partial charge in [-0.15, -0.1) is 0 Å². The molecule has 0 amide bonds. The minimum Gasteiger partial charge on any atom is -0.394 e. The number of aliphatic hydroxyl groups excluding tert-OH is 3. The summed E-state index contributed by atoms with van der Waals surface area (Å²) in [6.45, 7) is -0.645. The van der Waals surface area contributed by atoms with Gasteiger partial charge in [-0.25, -0.2) is 4.79 Å². The third kappa shape index (κ3) is 3.69. The number of ether oxygens (including phenoxy) is 1. The van der Waals surface area contributed by atoms with E-state index in [1.165, 1.54) is 0 Å². The molecule has 4 atom stereocenters. The molecule has 1 aliphatic rings. The summed E-state index contributed by atoms with van der Waals surface area (Å²) in [6.07, 6.45) is -9.39. The van der Waals surface area contributed by atoms with Crippen LogP contribution in [-0.2, 0) is 4.74 Å². The van der Waals surface area contributed by atoms with E-state index in [4.69, 9.17) is 9.84 Å².